The number of carbonyl (C=O) groups is 1. The average Bonchev–Trinajstić information content (AvgIpc) is 2.98. The van der Waals surface area contributed by atoms with E-state index in [0.29, 0.717) is 25.4 Å². The van der Waals surface area contributed by atoms with Crippen LogP contribution in [0.3, 0.4) is 0 Å². The maximum Gasteiger partial charge on any atom is 0.306 e. The van der Waals surface area contributed by atoms with Crippen LogP contribution in [0.2, 0.25) is 0 Å². The van der Waals surface area contributed by atoms with Crippen molar-refractivity contribution < 1.29 is 14.3 Å². The van der Waals surface area contributed by atoms with Gasteiger partial charge in [0.1, 0.15) is 5.75 Å². The van der Waals surface area contributed by atoms with Gasteiger partial charge in [0.05, 0.1) is 13.2 Å². The molecular formula is C17H26ClNO3. The van der Waals surface area contributed by atoms with E-state index in [0.717, 1.165) is 36.6 Å². The first-order valence-corrected chi connectivity index (χ1v) is 7.77. The summed E-state index contributed by atoms with van der Waals surface area (Å²) in [5.74, 6) is 1.43. The van der Waals surface area contributed by atoms with Gasteiger partial charge in [-0.3, -0.25) is 4.79 Å². The van der Waals surface area contributed by atoms with Crippen molar-refractivity contribution in [1.82, 2.24) is 5.32 Å². The lowest BCUT2D eigenvalue weighted by atomic mass is 10.1. The largest absolute Gasteiger partial charge is 0.493 e. The molecule has 0 saturated carbocycles. The molecule has 0 bridgehead atoms. The summed E-state index contributed by atoms with van der Waals surface area (Å²) in [6.07, 6.45) is 2.34. The average molecular weight is 328 g/mol. The fraction of sp³-hybridized carbons (Fsp3) is 0.588. The van der Waals surface area contributed by atoms with Gasteiger partial charge in [0.25, 0.3) is 0 Å². The second-order valence-electron chi connectivity index (χ2n) is 5.57. The van der Waals surface area contributed by atoms with Crippen LogP contribution in [0.5, 0.6) is 5.75 Å². The van der Waals surface area contributed by atoms with Gasteiger partial charge >= 0.3 is 5.97 Å². The van der Waals surface area contributed by atoms with Crippen molar-refractivity contribution in [2.45, 2.75) is 33.1 Å². The maximum absolute atomic E-state index is 11.4. The quantitative estimate of drug-likeness (QED) is 0.782. The molecule has 124 valence electrons. The van der Waals surface area contributed by atoms with Crippen molar-refractivity contribution in [2.75, 3.05) is 26.3 Å². The van der Waals surface area contributed by atoms with Crippen LogP contribution in [0.15, 0.2) is 18.2 Å². The first-order chi connectivity index (χ1) is 10.2. The zero-order valence-corrected chi connectivity index (χ0v) is 14.2. The summed E-state index contributed by atoms with van der Waals surface area (Å²) in [6, 6.07) is 6.15. The minimum atomic E-state index is -0.135. The van der Waals surface area contributed by atoms with Crippen LogP contribution < -0.4 is 10.1 Å². The van der Waals surface area contributed by atoms with Gasteiger partial charge in [-0.2, -0.15) is 0 Å². The monoisotopic (exact) mass is 327 g/mol. The van der Waals surface area contributed by atoms with Crippen molar-refractivity contribution in [3.63, 3.8) is 0 Å². The number of halogens is 1. The van der Waals surface area contributed by atoms with Crippen LogP contribution in [0.1, 0.15) is 30.9 Å². The Balaban J connectivity index is 0.00000242. The molecule has 4 nitrogen and oxygen atoms in total. The van der Waals surface area contributed by atoms with Gasteiger partial charge in [-0.1, -0.05) is 12.1 Å². The summed E-state index contributed by atoms with van der Waals surface area (Å²) < 4.78 is 10.9. The highest BCUT2D eigenvalue weighted by molar-refractivity contribution is 5.85. The predicted octanol–water partition coefficient (Wildman–Crippen LogP) is 2.90. The standard InChI is InChI=1S/C17H25NO3.ClH/c1-3-20-17(19)7-5-14-4-6-16(13(2)10-14)21-12-15-8-9-18-11-15;/h4,6,10,15,18H,3,5,7-9,11-12H2,1-2H3;1H. The lowest BCUT2D eigenvalue weighted by molar-refractivity contribution is -0.143. The number of hydrogen-bond acceptors (Lipinski definition) is 4. The topological polar surface area (TPSA) is 47.6 Å². The number of hydrogen-bond donors (Lipinski definition) is 1. The number of nitrogens with one attached hydrogen (secondary N) is 1. The highest BCUT2D eigenvalue weighted by Crippen LogP contribution is 2.21. The lowest BCUT2D eigenvalue weighted by Gasteiger charge is -2.13. The van der Waals surface area contributed by atoms with Crippen molar-refractivity contribution >= 4 is 18.4 Å². The Bertz CT molecular complexity index is 473. The Morgan fingerprint density at radius 3 is 2.86 bits per heavy atom. The summed E-state index contributed by atoms with van der Waals surface area (Å²) >= 11 is 0. The van der Waals surface area contributed by atoms with Crippen molar-refractivity contribution in [2.24, 2.45) is 5.92 Å². The number of esters is 1. The molecular weight excluding hydrogens is 302 g/mol. The second kappa shape index (κ2) is 9.70. The number of aryl methyl sites for hydroxylation is 2. The van der Waals surface area contributed by atoms with E-state index in [2.05, 4.69) is 18.3 Å². The highest BCUT2D eigenvalue weighted by Gasteiger charge is 2.15. The highest BCUT2D eigenvalue weighted by atomic mass is 35.5. The smallest absolute Gasteiger partial charge is 0.306 e. The zero-order chi connectivity index (χ0) is 15.1. The van der Waals surface area contributed by atoms with Crippen molar-refractivity contribution in [1.29, 1.82) is 0 Å². The molecule has 0 radical (unpaired) electrons. The van der Waals surface area contributed by atoms with Crippen LogP contribution in [0.4, 0.5) is 0 Å². The predicted molar refractivity (Wildman–Crippen MR) is 89.9 cm³/mol. The molecule has 1 saturated heterocycles. The van der Waals surface area contributed by atoms with Gasteiger partial charge in [-0.25, -0.2) is 0 Å². The third-order valence-corrected chi connectivity index (χ3v) is 3.80. The molecule has 0 aliphatic carbocycles. The fourth-order valence-electron chi connectivity index (χ4n) is 2.57. The molecule has 22 heavy (non-hydrogen) atoms. The Morgan fingerprint density at radius 1 is 1.41 bits per heavy atom. The molecule has 1 N–H and O–H groups in total. The molecule has 1 unspecified atom stereocenters. The van der Waals surface area contributed by atoms with E-state index in [1.807, 2.05) is 19.1 Å². The molecule has 0 aromatic heterocycles. The van der Waals surface area contributed by atoms with E-state index in [4.69, 9.17) is 9.47 Å². The first kappa shape index (κ1) is 18.8. The van der Waals surface area contributed by atoms with Gasteiger partial charge in [0, 0.05) is 18.9 Å². The summed E-state index contributed by atoms with van der Waals surface area (Å²) in [6.45, 7) is 7.25. The zero-order valence-electron chi connectivity index (χ0n) is 13.4. The molecule has 0 amide bonds. The Morgan fingerprint density at radius 2 is 2.23 bits per heavy atom. The maximum atomic E-state index is 11.4. The van der Waals surface area contributed by atoms with E-state index in [-0.39, 0.29) is 18.4 Å². The fourth-order valence-corrected chi connectivity index (χ4v) is 2.57. The Labute approximate surface area is 139 Å². The van der Waals surface area contributed by atoms with Crippen LogP contribution in [-0.4, -0.2) is 32.3 Å². The molecule has 2 rings (SSSR count). The van der Waals surface area contributed by atoms with Crippen molar-refractivity contribution in [3.8, 4) is 5.75 Å². The summed E-state index contributed by atoms with van der Waals surface area (Å²) in [5.41, 5.74) is 2.28. The molecule has 1 aromatic rings. The van der Waals surface area contributed by atoms with Crippen LogP contribution >= 0.6 is 12.4 Å². The third kappa shape index (κ3) is 5.85. The molecule has 1 fully saturated rings. The van der Waals surface area contributed by atoms with Crippen LogP contribution in [-0.2, 0) is 16.0 Å². The third-order valence-electron chi connectivity index (χ3n) is 3.80. The molecule has 1 aliphatic rings. The van der Waals surface area contributed by atoms with E-state index < -0.39 is 0 Å². The number of rotatable bonds is 7. The van der Waals surface area contributed by atoms with Crippen LogP contribution in [0, 0.1) is 12.8 Å². The summed E-state index contributed by atoms with van der Waals surface area (Å²) in [7, 11) is 0. The summed E-state index contributed by atoms with van der Waals surface area (Å²) in [5, 5.41) is 3.35. The molecule has 1 aliphatic heterocycles. The van der Waals surface area contributed by atoms with Gasteiger partial charge < -0.3 is 14.8 Å². The van der Waals surface area contributed by atoms with Gasteiger partial charge in [-0.15, -0.1) is 12.4 Å². The van der Waals surface area contributed by atoms with Gasteiger partial charge in [0.2, 0.25) is 0 Å². The number of ether oxygens (including phenoxy) is 2. The molecule has 0 spiro atoms. The van der Waals surface area contributed by atoms with Crippen LogP contribution in [0.25, 0.3) is 0 Å². The van der Waals surface area contributed by atoms with Gasteiger partial charge in [-0.05, 0) is 50.4 Å². The van der Waals surface area contributed by atoms with Gasteiger partial charge in [0.15, 0.2) is 0 Å². The Kier molecular flexibility index (Phi) is 8.28. The second-order valence-corrected chi connectivity index (χ2v) is 5.57. The molecule has 1 aromatic carbocycles. The van der Waals surface area contributed by atoms with Crippen molar-refractivity contribution in [3.05, 3.63) is 29.3 Å². The summed E-state index contributed by atoms with van der Waals surface area (Å²) in [4.78, 5) is 11.4. The SMILES string of the molecule is CCOC(=O)CCc1ccc(OCC2CCNC2)c(C)c1.Cl. The minimum absolute atomic E-state index is 0. The molecule has 1 atom stereocenters. The van der Waals surface area contributed by atoms with E-state index in [9.17, 15) is 4.79 Å². The van der Waals surface area contributed by atoms with E-state index in [1.165, 1.54) is 6.42 Å². The first-order valence-electron chi connectivity index (χ1n) is 7.77. The normalized spacial score (nSPS) is 16.9. The Hall–Kier alpha value is -1.26. The molecule has 1 heterocycles. The minimum Gasteiger partial charge on any atom is -0.493 e. The number of benzene rings is 1. The lowest BCUT2D eigenvalue weighted by Crippen LogP contribution is -2.15. The van der Waals surface area contributed by atoms with E-state index in [1.54, 1.807) is 0 Å². The molecule has 5 heteroatoms. The van der Waals surface area contributed by atoms with E-state index >= 15 is 0 Å². The number of carbonyl (C=O) groups excluding carboxylic acids is 1.